The second-order valence-corrected chi connectivity index (χ2v) is 6.97. The number of thiazole rings is 1. The Hall–Kier alpha value is -1.35. The highest BCUT2D eigenvalue weighted by molar-refractivity contribution is 7.89. The lowest BCUT2D eigenvalue weighted by molar-refractivity contribution is 0.578. The number of rotatable bonds is 5. The molecule has 0 aliphatic heterocycles. The van der Waals surface area contributed by atoms with Crippen LogP contribution in [0.2, 0.25) is 0 Å². The maximum Gasteiger partial charge on any atom is 0.240 e. The van der Waals surface area contributed by atoms with Gasteiger partial charge in [-0.25, -0.2) is 22.5 Å². The SMILES string of the molecule is Cc1nc(CNS(=O)(=O)c2ccc(F)c(CN)c2)cs1. The van der Waals surface area contributed by atoms with Crippen LogP contribution in [0.4, 0.5) is 4.39 Å². The van der Waals surface area contributed by atoms with Gasteiger partial charge in [0, 0.05) is 17.5 Å². The lowest BCUT2D eigenvalue weighted by Crippen LogP contribution is -2.23. The van der Waals surface area contributed by atoms with Crippen LogP contribution < -0.4 is 10.5 Å². The number of hydrogen-bond donors (Lipinski definition) is 2. The number of aromatic nitrogens is 1. The van der Waals surface area contributed by atoms with Crippen LogP contribution in [0.25, 0.3) is 0 Å². The number of sulfonamides is 1. The molecule has 0 spiro atoms. The van der Waals surface area contributed by atoms with E-state index in [-0.39, 0.29) is 23.5 Å². The van der Waals surface area contributed by atoms with Gasteiger partial charge in [0.05, 0.1) is 22.1 Å². The highest BCUT2D eigenvalue weighted by Gasteiger charge is 2.16. The van der Waals surface area contributed by atoms with E-state index in [9.17, 15) is 12.8 Å². The van der Waals surface area contributed by atoms with Gasteiger partial charge in [-0.1, -0.05) is 0 Å². The summed E-state index contributed by atoms with van der Waals surface area (Å²) < 4.78 is 39.9. The molecular formula is C12H14FN3O2S2. The fourth-order valence-corrected chi connectivity index (χ4v) is 3.28. The van der Waals surface area contributed by atoms with E-state index in [2.05, 4.69) is 9.71 Å². The van der Waals surface area contributed by atoms with E-state index in [1.54, 1.807) is 5.38 Å². The molecule has 0 radical (unpaired) electrons. The van der Waals surface area contributed by atoms with Gasteiger partial charge in [-0.2, -0.15) is 0 Å². The highest BCUT2D eigenvalue weighted by atomic mass is 32.2. The van der Waals surface area contributed by atoms with E-state index < -0.39 is 15.8 Å². The third kappa shape index (κ3) is 3.40. The summed E-state index contributed by atoms with van der Waals surface area (Å²) in [5, 5.41) is 2.65. The second kappa shape index (κ2) is 5.96. The van der Waals surface area contributed by atoms with Crippen LogP contribution in [0.3, 0.4) is 0 Å². The Kier molecular flexibility index (Phi) is 4.48. The smallest absolute Gasteiger partial charge is 0.240 e. The molecule has 0 bridgehead atoms. The van der Waals surface area contributed by atoms with Gasteiger partial charge in [-0.3, -0.25) is 0 Å². The van der Waals surface area contributed by atoms with Crippen molar-refractivity contribution in [2.45, 2.75) is 24.9 Å². The Labute approximate surface area is 120 Å². The average molecular weight is 315 g/mol. The van der Waals surface area contributed by atoms with Gasteiger partial charge in [-0.05, 0) is 25.1 Å². The minimum absolute atomic E-state index is 0.00805. The Balaban J connectivity index is 2.17. The molecule has 0 unspecified atom stereocenters. The summed E-state index contributed by atoms with van der Waals surface area (Å²) in [5.74, 6) is -0.512. The summed E-state index contributed by atoms with van der Waals surface area (Å²) in [6.45, 7) is 1.89. The number of halogens is 1. The molecule has 108 valence electrons. The van der Waals surface area contributed by atoms with Crippen LogP contribution in [0, 0.1) is 12.7 Å². The summed E-state index contributed by atoms with van der Waals surface area (Å²) in [5.41, 5.74) is 6.18. The van der Waals surface area contributed by atoms with E-state index in [0.29, 0.717) is 5.69 Å². The predicted molar refractivity (Wildman–Crippen MR) is 75.2 cm³/mol. The second-order valence-electron chi connectivity index (χ2n) is 4.14. The van der Waals surface area contributed by atoms with Gasteiger partial charge < -0.3 is 5.73 Å². The van der Waals surface area contributed by atoms with Crippen LogP contribution in [0.1, 0.15) is 16.3 Å². The molecule has 0 aliphatic rings. The number of nitrogens with zero attached hydrogens (tertiary/aromatic N) is 1. The van der Waals surface area contributed by atoms with E-state index >= 15 is 0 Å². The highest BCUT2D eigenvalue weighted by Crippen LogP contribution is 2.15. The number of nitrogens with one attached hydrogen (secondary N) is 1. The number of benzene rings is 1. The molecular weight excluding hydrogens is 301 g/mol. The van der Waals surface area contributed by atoms with Crippen LogP contribution in [0.5, 0.6) is 0 Å². The van der Waals surface area contributed by atoms with Crippen LogP contribution in [-0.2, 0) is 23.1 Å². The first-order valence-corrected chi connectivity index (χ1v) is 8.18. The fraction of sp³-hybridized carbons (Fsp3) is 0.250. The number of hydrogen-bond acceptors (Lipinski definition) is 5. The molecule has 3 N–H and O–H groups in total. The molecule has 1 heterocycles. The first-order valence-electron chi connectivity index (χ1n) is 5.81. The van der Waals surface area contributed by atoms with Crippen LogP contribution in [-0.4, -0.2) is 13.4 Å². The summed E-state index contributed by atoms with van der Waals surface area (Å²) in [4.78, 5) is 4.16. The zero-order valence-corrected chi connectivity index (χ0v) is 12.4. The molecule has 2 rings (SSSR count). The summed E-state index contributed by atoms with van der Waals surface area (Å²) >= 11 is 1.45. The van der Waals surface area contributed by atoms with E-state index in [0.717, 1.165) is 11.1 Å². The Morgan fingerprint density at radius 2 is 2.20 bits per heavy atom. The van der Waals surface area contributed by atoms with Crippen molar-refractivity contribution in [1.29, 1.82) is 0 Å². The third-order valence-corrected chi connectivity index (χ3v) is 4.88. The molecule has 1 aromatic carbocycles. The molecule has 0 saturated carbocycles. The predicted octanol–water partition coefficient (Wildman–Crippen LogP) is 1.53. The number of nitrogens with two attached hydrogens (primary N) is 1. The monoisotopic (exact) mass is 315 g/mol. The zero-order chi connectivity index (χ0) is 14.8. The van der Waals surface area contributed by atoms with Crippen molar-refractivity contribution in [3.63, 3.8) is 0 Å². The maximum absolute atomic E-state index is 13.3. The average Bonchev–Trinajstić information content (AvgIpc) is 2.83. The van der Waals surface area contributed by atoms with Crippen molar-refractivity contribution in [2.24, 2.45) is 5.73 Å². The third-order valence-electron chi connectivity index (χ3n) is 2.66. The first kappa shape index (κ1) is 15.0. The molecule has 0 saturated heterocycles. The lowest BCUT2D eigenvalue weighted by atomic mass is 10.2. The quantitative estimate of drug-likeness (QED) is 0.876. The molecule has 0 amide bonds. The van der Waals surface area contributed by atoms with Gasteiger partial charge >= 0.3 is 0 Å². The summed E-state index contributed by atoms with van der Waals surface area (Å²) in [6.07, 6.45) is 0. The van der Waals surface area contributed by atoms with E-state index in [1.165, 1.54) is 23.5 Å². The molecule has 0 atom stereocenters. The molecule has 5 nitrogen and oxygen atoms in total. The summed E-state index contributed by atoms with van der Waals surface area (Å²) in [7, 11) is -3.71. The van der Waals surface area contributed by atoms with Gasteiger partial charge in [-0.15, -0.1) is 11.3 Å². The first-order chi connectivity index (χ1) is 9.42. The topological polar surface area (TPSA) is 85.1 Å². The minimum atomic E-state index is -3.71. The van der Waals surface area contributed by atoms with Crippen LogP contribution >= 0.6 is 11.3 Å². The van der Waals surface area contributed by atoms with Crippen LogP contribution in [0.15, 0.2) is 28.5 Å². The van der Waals surface area contributed by atoms with Crippen molar-refractivity contribution >= 4 is 21.4 Å². The van der Waals surface area contributed by atoms with Crippen molar-refractivity contribution in [2.75, 3.05) is 0 Å². The zero-order valence-electron chi connectivity index (χ0n) is 10.8. The molecule has 0 aliphatic carbocycles. The van der Waals surface area contributed by atoms with Gasteiger partial charge in [0.25, 0.3) is 0 Å². The summed E-state index contributed by atoms with van der Waals surface area (Å²) in [6, 6.07) is 3.55. The maximum atomic E-state index is 13.3. The van der Waals surface area contributed by atoms with E-state index in [4.69, 9.17) is 5.73 Å². The fourth-order valence-electron chi connectivity index (χ4n) is 1.62. The lowest BCUT2D eigenvalue weighted by Gasteiger charge is -2.07. The Morgan fingerprint density at radius 1 is 1.45 bits per heavy atom. The molecule has 20 heavy (non-hydrogen) atoms. The van der Waals surface area contributed by atoms with Crippen molar-refractivity contribution in [1.82, 2.24) is 9.71 Å². The largest absolute Gasteiger partial charge is 0.326 e. The standard InChI is InChI=1S/C12H14FN3O2S2/c1-8-16-10(7-19-8)6-15-20(17,18)11-2-3-12(13)9(4-11)5-14/h2-4,7,15H,5-6,14H2,1H3. The van der Waals surface area contributed by atoms with Gasteiger partial charge in [0.15, 0.2) is 0 Å². The normalized spacial score (nSPS) is 11.8. The molecule has 8 heteroatoms. The van der Waals surface area contributed by atoms with Crippen molar-refractivity contribution in [3.05, 3.63) is 45.7 Å². The molecule has 1 aromatic heterocycles. The Bertz CT molecular complexity index is 713. The van der Waals surface area contributed by atoms with Gasteiger partial charge in [0.1, 0.15) is 5.82 Å². The minimum Gasteiger partial charge on any atom is -0.326 e. The van der Waals surface area contributed by atoms with Crippen molar-refractivity contribution < 1.29 is 12.8 Å². The molecule has 0 fully saturated rings. The van der Waals surface area contributed by atoms with Crippen molar-refractivity contribution in [3.8, 4) is 0 Å². The molecule has 2 aromatic rings. The number of aryl methyl sites for hydroxylation is 1. The van der Waals surface area contributed by atoms with E-state index in [1.807, 2.05) is 6.92 Å². The Morgan fingerprint density at radius 3 is 2.80 bits per heavy atom. The van der Waals surface area contributed by atoms with Gasteiger partial charge in [0.2, 0.25) is 10.0 Å².